The van der Waals surface area contributed by atoms with Crippen molar-refractivity contribution in [2.45, 2.75) is 26.0 Å². The number of hydrogen-bond donors (Lipinski definition) is 1. The fraction of sp³-hybridized carbons (Fsp3) is 0.304. The van der Waals surface area contributed by atoms with Crippen LogP contribution in [0.2, 0.25) is 0 Å². The van der Waals surface area contributed by atoms with E-state index in [0.717, 1.165) is 10.9 Å². The van der Waals surface area contributed by atoms with Gasteiger partial charge in [0, 0.05) is 35.9 Å². The van der Waals surface area contributed by atoms with E-state index in [1.807, 2.05) is 38.1 Å². The average Bonchev–Trinajstić information content (AvgIpc) is 2.78. The Bertz CT molecular complexity index is 1070. The number of carbonyl (C=O) groups excluding carboxylic acids is 2. The maximum Gasteiger partial charge on any atom is 0.254 e. The Morgan fingerprint density at radius 1 is 1.17 bits per heavy atom. The summed E-state index contributed by atoms with van der Waals surface area (Å²) in [5.41, 5.74) is 2.53. The number of benzene rings is 1. The Morgan fingerprint density at radius 3 is 2.70 bits per heavy atom. The quantitative estimate of drug-likeness (QED) is 0.723. The van der Waals surface area contributed by atoms with Gasteiger partial charge in [-0.15, -0.1) is 0 Å². The number of rotatable bonds is 4. The minimum absolute atomic E-state index is 0.0206. The SMILES string of the molecule is CC(C)NC(=O)c1cc(C2CN(C(=O)c3ccncc3)CCO2)nc2ccccc12. The van der Waals surface area contributed by atoms with Gasteiger partial charge in [0.15, 0.2) is 0 Å². The zero-order valence-electron chi connectivity index (χ0n) is 17.0. The first-order chi connectivity index (χ1) is 14.5. The zero-order chi connectivity index (χ0) is 21.1. The molecule has 2 aromatic heterocycles. The highest BCUT2D eigenvalue weighted by Crippen LogP contribution is 2.27. The molecule has 0 saturated carbocycles. The fourth-order valence-corrected chi connectivity index (χ4v) is 3.58. The number of carbonyl (C=O) groups is 2. The highest BCUT2D eigenvalue weighted by molar-refractivity contribution is 6.06. The topological polar surface area (TPSA) is 84.4 Å². The van der Waals surface area contributed by atoms with Gasteiger partial charge in [-0.3, -0.25) is 14.6 Å². The minimum atomic E-state index is -0.403. The molecule has 1 aromatic carbocycles. The first-order valence-corrected chi connectivity index (χ1v) is 10.0. The molecule has 7 nitrogen and oxygen atoms in total. The van der Waals surface area contributed by atoms with Crippen LogP contribution in [0.5, 0.6) is 0 Å². The predicted octanol–water partition coefficient (Wildman–Crippen LogP) is 2.98. The van der Waals surface area contributed by atoms with Gasteiger partial charge in [-0.1, -0.05) is 18.2 Å². The number of morpholine rings is 1. The zero-order valence-corrected chi connectivity index (χ0v) is 17.0. The van der Waals surface area contributed by atoms with Crippen molar-refractivity contribution in [2.75, 3.05) is 19.7 Å². The van der Waals surface area contributed by atoms with Crippen molar-refractivity contribution in [3.8, 4) is 0 Å². The van der Waals surface area contributed by atoms with Crippen molar-refractivity contribution in [1.29, 1.82) is 0 Å². The second-order valence-corrected chi connectivity index (χ2v) is 7.59. The van der Waals surface area contributed by atoms with Gasteiger partial charge >= 0.3 is 0 Å². The molecule has 1 fully saturated rings. The number of nitrogens with zero attached hydrogens (tertiary/aromatic N) is 3. The number of nitrogens with one attached hydrogen (secondary N) is 1. The van der Waals surface area contributed by atoms with E-state index in [4.69, 9.17) is 9.72 Å². The summed E-state index contributed by atoms with van der Waals surface area (Å²) in [6.07, 6.45) is 2.81. The van der Waals surface area contributed by atoms with Crippen LogP contribution in [0.4, 0.5) is 0 Å². The third kappa shape index (κ3) is 4.16. The van der Waals surface area contributed by atoms with Crippen LogP contribution >= 0.6 is 0 Å². The van der Waals surface area contributed by atoms with Crippen LogP contribution in [-0.2, 0) is 4.74 Å². The molecule has 2 amide bonds. The van der Waals surface area contributed by atoms with Crippen molar-refractivity contribution in [1.82, 2.24) is 20.2 Å². The predicted molar refractivity (Wildman–Crippen MR) is 113 cm³/mol. The third-order valence-corrected chi connectivity index (χ3v) is 5.01. The van der Waals surface area contributed by atoms with E-state index in [-0.39, 0.29) is 17.9 Å². The van der Waals surface area contributed by atoms with Crippen LogP contribution in [0.25, 0.3) is 10.9 Å². The number of para-hydroxylation sites is 1. The standard InChI is InChI=1S/C23H24N4O3/c1-15(2)25-22(28)18-13-20(26-19-6-4-3-5-17(18)19)21-14-27(11-12-30-21)23(29)16-7-9-24-10-8-16/h3-10,13,15,21H,11-12,14H2,1-2H3,(H,25,28). The Morgan fingerprint density at radius 2 is 1.93 bits per heavy atom. The Kier molecular flexibility index (Phi) is 5.72. The summed E-state index contributed by atoms with van der Waals surface area (Å²) in [6.45, 7) is 5.14. The van der Waals surface area contributed by atoms with Crippen LogP contribution in [0.3, 0.4) is 0 Å². The Labute approximate surface area is 175 Å². The van der Waals surface area contributed by atoms with E-state index in [2.05, 4.69) is 10.3 Å². The smallest absolute Gasteiger partial charge is 0.254 e. The van der Waals surface area contributed by atoms with Gasteiger partial charge < -0.3 is 15.0 Å². The van der Waals surface area contributed by atoms with Gasteiger partial charge in [-0.05, 0) is 38.1 Å². The molecule has 1 atom stereocenters. The van der Waals surface area contributed by atoms with Crippen LogP contribution in [0, 0.1) is 0 Å². The number of hydrogen-bond acceptors (Lipinski definition) is 5. The summed E-state index contributed by atoms with van der Waals surface area (Å²) in [5, 5.41) is 3.74. The van der Waals surface area contributed by atoms with Gasteiger partial charge in [-0.25, -0.2) is 4.98 Å². The molecular weight excluding hydrogens is 380 g/mol. The van der Waals surface area contributed by atoms with Crippen LogP contribution < -0.4 is 5.32 Å². The summed E-state index contributed by atoms with van der Waals surface area (Å²) in [6, 6.07) is 12.8. The molecule has 1 N–H and O–H groups in total. The van der Waals surface area contributed by atoms with Crippen molar-refractivity contribution in [3.05, 3.63) is 71.7 Å². The van der Waals surface area contributed by atoms with E-state index in [1.165, 1.54) is 0 Å². The summed E-state index contributed by atoms with van der Waals surface area (Å²) in [4.78, 5) is 36.1. The monoisotopic (exact) mass is 404 g/mol. The van der Waals surface area contributed by atoms with Crippen molar-refractivity contribution >= 4 is 22.7 Å². The Balaban J connectivity index is 1.65. The molecule has 3 aromatic rings. The van der Waals surface area contributed by atoms with Crippen LogP contribution in [-0.4, -0.2) is 52.4 Å². The van der Waals surface area contributed by atoms with Crippen molar-refractivity contribution in [3.63, 3.8) is 0 Å². The summed E-state index contributed by atoms with van der Waals surface area (Å²) >= 11 is 0. The van der Waals surface area contributed by atoms with E-state index in [0.29, 0.717) is 36.5 Å². The lowest BCUT2D eigenvalue weighted by atomic mass is 10.0. The second kappa shape index (κ2) is 8.59. The fourth-order valence-electron chi connectivity index (χ4n) is 3.58. The van der Waals surface area contributed by atoms with E-state index < -0.39 is 6.10 Å². The highest BCUT2D eigenvalue weighted by Gasteiger charge is 2.28. The molecule has 7 heteroatoms. The maximum atomic E-state index is 12.8. The average molecular weight is 404 g/mol. The maximum absolute atomic E-state index is 12.8. The molecule has 4 rings (SSSR count). The molecule has 1 unspecified atom stereocenters. The second-order valence-electron chi connectivity index (χ2n) is 7.59. The molecule has 1 saturated heterocycles. The molecule has 0 aliphatic carbocycles. The number of ether oxygens (including phenoxy) is 1. The largest absolute Gasteiger partial charge is 0.368 e. The highest BCUT2D eigenvalue weighted by atomic mass is 16.5. The molecule has 30 heavy (non-hydrogen) atoms. The summed E-state index contributed by atoms with van der Waals surface area (Å²) in [5.74, 6) is -0.213. The van der Waals surface area contributed by atoms with Gasteiger partial charge in [0.2, 0.25) is 0 Å². The first-order valence-electron chi connectivity index (χ1n) is 10.0. The van der Waals surface area contributed by atoms with Gasteiger partial charge in [0.05, 0.1) is 29.9 Å². The van der Waals surface area contributed by atoms with Crippen LogP contribution in [0.15, 0.2) is 54.9 Å². The molecule has 1 aliphatic rings. The van der Waals surface area contributed by atoms with Crippen molar-refractivity contribution < 1.29 is 14.3 Å². The van der Waals surface area contributed by atoms with Crippen LogP contribution in [0.1, 0.15) is 46.4 Å². The van der Waals surface area contributed by atoms with Gasteiger partial charge in [-0.2, -0.15) is 0 Å². The first kappa shape index (κ1) is 20.0. The van der Waals surface area contributed by atoms with E-state index >= 15 is 0 Å². The van der Waals surface area contributed by atoms with Gasteiger partial charge in [0.1, 0.15) is 6.10 Å². The Hall–Kier alpha value is -3.32. The van der Waals surface area contributed by atoms with E-state index in [9.17, 15) is 9.59 Å². The molecule has 0 radical (unpaired) electrons. The lowest BCUT2D eigenvalue weighted by molar-refractivity contribution is -0.0246. The number of pyridine rings is 2. The molecule has 154 valence electrons. The number of amides is 2. The van der Waals surface area contributed by atoms with E-state index in [1.54, 1.807) is 35.5 Å². The number of fused-ring (bicyclic) bond motifs is 1. The lowest BCUT2D eigenvalue weighted by Crippen LogP contribution is -2.42. The summed E-state index contributed by atoms with van der Waals surface area (Å²) < 4.78 is 5.94. The molecular formula is C23H24N4O3. The lowest BCUT2D eigenvalue weighted by Gasteiger charge is -2.33. The van der Waals surface area contributed by atoms with Gasteiger partial charge in [0.25, 0.3) is 11.8 Å². The normalized spacial score (nSPS) is 16.6. The molecule has 0 bridgehead atoms. The molecule has 0 spiro atoms. The third-order valence-electron chi connectivity index (χ3n) is 5.01. The summed E-state index contributed by atoms with van der Waals surface area (Å²) in [7, 11) is 0. The number of aromatic nitrogens is 2. The van der Waals surface area contributed by atoms with Crippen molar-refractivity contribution in [2.24, 2.45) is 0 Å². The minimum Gasteiger partial charge on any atom is -0.368 e. The molecule has 3 heterocycles. The molecule has 1 aliphatic heterocycles.